The molecule has 0 amide bonds. The molecule has 1 aromatic rings. The number of nitrogens with zero attached hydrogens (tertiary/aromatic N) is 1. The van der Waals surface area contributed by atoms with E-state index in [1.807, 2.05) is 39.1 Å². The molecule has 18 heavy (non-hydrogen) atoms. The molecule has 1 aliphatic heterocycles. The Labute approximate surface area is 113 Å². The van der Waals surface area contributed by atoms with Gasteiger partial charge in [-0.3, -0.25) is 4.90 Å². The van der Waals surface area contributed by atoms with E-state index in [9.17, 15) is 5.11 Å². The summed E-state index contributed by atoms with van der Waals surface area (Å²) >= 11 is 5.97. The summed E-state index contributed by atoms with van der Waals surface area (Å²) in [6, 6.07) is 5.74. The van der Waals surface area contributed by atoms with Crippen LogP contribution in [0.2, 0.25) is 5.02 Å². The van der Waals surface area contributed by atoms with Gasteiger partial charge in [0.25, 0.3) is 0 Å². The van der Waals surface area contributed by atoms with Crippen LogP contribution in [0.5, 0.6) is 5.75 Å². The molecule has 4 heteroatoms. The predicted molar refractivity (Wildman–Crippen MR) is 73.4 cm³/mol. The molecule has 100 valence electrons. The van der Waals surface area contributed by atoms with Gasteiger partial charge in [0.2, 0.25) is 0 Å². The zero-order valence-corrected chi connectivity index (χ0v) is 11.9. The van der Waals surface area contributed by atoms with Crippen LogP contribution >= 0.6 is 11.6 Å². The number of benzene rings is 1. The van der Waals surface area contributed by atoms with Crippen molar-refractivity contribution in [3.05, 3.63) is 28.8 Å². The molecule has 1 atom stereocenters. The van der Waals surface area contributed by atoms with Gasteiger partial charge in [0, 0.05) is 23.5 Å². The lowest BCUT2D eigenvalue weighted by atomic mass is 10.0. The molecule has 0 aliphatic carbocycles. The van der Waals surface area contributed by atoms with Crippen molar-refractivity contribution >= 4 is 11.6 Å². The summed E-state index contributed by atoms with van der Waals surface area (Å²) in [7, 11) is 2.01. The van der Waals surface area contributed by atoms with Gasteiger partial charge in [0.1, 0.15) is 11.9 Å². The molecule has 0 fully saturated rings. The van der Waals surface area contributed by atoms with E-state index in [1.54, 1.807) is 0 Å². The third kappa shape index (κ3) is 2.79. The monoisotopic (exact) mass is 269 g/mol. The van der Waals surface area contributed by atoms with Crippen molar-refractivity contribution in [3.63, 3.8) is 0 Å². The van der Waals surface area contributed by atoms with Crippen molar-refractivity contribution in [2.75, 3.05) is 20.2 Å². The smallest absolute Gasteiger partial charge is 0.123 e. The van der Waals surface area contributed by atoms with E-state index in [-0.39, 0.29) is 18.2 Å². The lowest BCUT2D eigenvalue weighted by Gasteiger charge is -2.35. The number of likely N-dealkylation sites (N-methyl/N-ethyl adjacent to an activating group) is 1. The number of fused-ring (bicyclic) bond motifs is 1. The van der Waals surface area contributed by atoms with Crippen molar-refractivity contribution < 1.29 is 9.84 Å². The van der Waals surface area contributed by atoms with Gasteiger partial charge in [-0.25, -0.2) is 0 Å². The first-order valence-electron chi connectivity index (χ1n) is 6.19. The minimum atomic E-state index is -0.226. The maximum atomic E-state index is 9.35. The van der Waals surface area contributed by atoms with Gasteiger partial charge >= 0.3 is 0 Å². The molecule has 1 N–H and O–H groups in total. The number of halogens is 1. The number of hydrogen-bond acceptors (Lipinski definition) is 3. The maximum Gasteiger partial charge on any atom is 0.123 e. The van der Waals surface area contributed by atoms with Crippen molar-refractivity contribution in [1.82, 2.24) is 4.90 Å². The molecule has 0 spiro atoms. The molecule has 2 rings (SSSR count). The fourth-order valence-corrected chi connectivity index (χ4v) is 2.26. The van der Waals surface area contributed by atoms with E-state index in [0.717, 1.165) is 23.7 Å². The number of aliphatic hydroxyl groups excluding tert-OH is 1. The van der Waals surface area contributed by atoms with Crippen LogP contribution in [0.1, 0.15) is 19.4 Å². The highest BCUT2D eigenvalue weighted by molar-refractivity contribution is 6.30. The number of hydrogen-bond donors (Lipinski definition) is 1. The predicted octanol–water partition coefficient (Wildman–Crippen LogP) is 2.35. The first-order valence-corrected chi connectivity index (χ1v) is 6.57. The zero-order chi connectivity index (χ0) is 13.3. The van der Waals surface area contributed by atoms with Crippen molar-refractivity contribution in [1.29, 1.82) is 0 Å². The molecule has 1 aliphatic rings. The van der Waals surface area contributed by atoms with E-state index < -0.39 is 0 Å². The Morgan fingerprint density at radius 1 is 1.50 bits per heavy atom. The molecule has 3 nitrogen and oxygen atoms in total. The first-order chi connectivity index (χ1) is 8.42. The summed E-state index contributed by atoms with van der Waals surface area (Å²) in [6.45, 7) is 4.97. The van der Waals surface area contributed by atoms with Crippen LogP contribution in [0.4, 0.5) is 0 Å². The first kappa shape index (κ1) is 13.7. The largest absolute Gasteiger partial charge is 0.488 e. The standard InChI is InChI=1S/C14H20ClNO2/c1-14(2,9-17)16(3)8-12-7-10-6-11(15)4-5-13(10)18-12/h4-6,12,17H,7-9H2,1-3H3. The zero-order valence-electron chi connectivity index (χ0n) is 11.1. The SMILES string of the molecule is CN(CC1Cc2cc(Cl)ccc2O1)C(C)(C)CO. The Bertz CT molecular complexity index is 434. The quantitative estimate of drug-likeness (QED) is 0.911. The van der Waals surface area contributed by atoms with E-state index in [0.29, 0.717) is 0 Å². The van der Waals surface area contributed by atoms with Gasteiger partial charge in [-0.1, -0.05) is 11.6 Å². The number of ether oxygens (including phenoxy) is 1. The van der Waals surface area contributed by atoms with Crippen molar-refractivity contribution in [2.45, 2.75) is 31.9 Å². The van der Waals surface area contributed by atoms with Crippen LogP contribution in [-0.2, 0) is 6.42 Å². The van der Waals surface area contributed by atoms with Crippen molar-refractivity contribution in [3.8, 4) is 5.75 Å². The minimum absolute atomic E-state index is 0.134. The molecule has 0 saturated heterocycles. The normalized spacial score (nSPS) is 18.9. The summed E-state index contributed by atoms with van der Waals surface area (Å²) in [4.78, 5) is 2.13. The number of aliphatic hydroxyl groups is 1. The molecule has 1 aromatic carbocycles. The summed E-state index contributed by atoms with van der Waals surface area (Å²) in [5.74, 6) is 0.930. The van der Waals surface area contributed by atoms with Crippen LogP contribution in [0.25, 0.3) is 0 Å². The van der Waals surface area contributed by atoms with E-state index >= 15 is 0 Å². The number of rotatable bonds is 4. The molecule has 0 aromatic heterocycles. The highest BCUT2D eigenvalue weighted by Crippen LogP contribution is 2.31. The highest BCUT2D eigenvalue weighted by atomic mass is 35.5. The van der Waals surface area contributed by atoms with Crippen LogP contribution in [-0.4, -0.2) is 41.8 Å². The Morgan fingerprint density at radius 2 is 2.22 bits per heavy atom. The summed E-state index contributed by atoms with van der Waals surface area (Å²) in [5.41, 5.74) is 0.943. The second-order valence-corrected chi connectivity index (χ2v) is 5.98. The van der Waals surface area contributed by atoms with Crippen LogP contribution < -0.4 is 4.74 Å². The van der Waals surface area contributed by atoms with Gasteiger partial charge in [-0.2, -0.15) is 0 Å². The third-order valence-corrected chi connectivity index (χ3v) is 3.90. The fourth-order valence-electron chi connectivity index (χ4n) is 2.06. The lowest BCUT2D eigenvalue weighted by Crippen LogP contribution is -2.48. The minimum Gasteiger partial charge on any atom is -0.488 e. The maximum absolute atomic E-state index is 9.35. The van der Waals surface area contributed by atoms with Crippen LogP contribution in [0.15, 0.2) is 18.2 Å². The van der Waals surface area contributed by atoms with E-state index in [1.165, 1.54) is 5.56 Å². The molecule has 0 saturated carbocycles. The van der Waals surface area contributed by atoms with E-state index in [4.69, 9.17) is 16.3 Å². The summed E-state index contributed by atoms with van der Waals surface area (Å²) in [5, 5.41) is 10.1. The average molecular weight is 270 g/mol. The van der Waals surface area contributed by atoms with Crippen LogP contribution in [0, 0.1) is 0 Å². The topological polar surface area (TPSA) is 32.7 Å². The van der Waals surface area contributed by atoms with E-state index in [2.05, 4.69) is 4.90 Å². The molecule has 1 unspecified atom stereocenters. The fraction of sp³-hybridized carbons (Fsp3) is 0.571. The second kappa shape index (κ2) is 5.08. The molecular weight excluding hydrogens is 250 g/mol. The molecule has 0 bridgehead atoms. The van der Waals surface area contributed by atoms with Gasteiger partial charge in [-0.15, -0.1) is 0 Å². The second-order valence-electron chi connectivity index (χ2n) is 5.55. The van der Waals surface area contributed by atoms with Gasteiger partial charge in [0.15, 0.2) is 0 Å². The Kier molecular flexibility index (Phi) is 3.85. The van der Waals surface area contributed by atoms with Gasteiger partial charge in [-0.05, 0) is 44.7 Å². The highest BCUT2D eigenvalue weighted by Gasteiger charge is 2.29. The van der Waals surface area contributed by atoms with Crippen molar-refractivity contribution in [2.24, 2.45) is 0 Å². The van der Waals surface area contributed by atoms with Gasteiger partial charge < -0.3 is 9.84 Å². The molecule has 0 radical (unpaired) electrons. The summed E-state index contributed by atoms with van der Waals surface area (Å²) < 4.78 is 5.89. The third-order valence-electron chi connectivity index (χ3n) is 3.66. The Hall–Kier alpha value is -0.770. The molecular formula is C14H20ClNO2. The van der Waals surface area contributed by atoms with Gasteiger partial charge in [0.05, 0.1) is 6.61 Å². The Morgan fingerprint density at radius 3 is 2.89 bits per heavy atom. The summed E-state index contributed by atoms with van der Waals surface area (Å²) in [6.07, 6.45) is 1.01. The average Bonchev–Trinajstić information content (AvgIpc) is 2.70. The van der Waals surface area contributed by atoms with Crippen LogP contribution in [0.3, 0.4) is 0 Å². The lowest BCUT2D eigenvalue weighted by molar-refractivity contribution is 0.0498. The Balaban J connectivity index is 2.00. The molecule has 1 heterocycles.